The van der Waals surface area contributed by atoms with E-state index in [4.69, 9.17) is 0 Å². The lowest BCUT2D eigenvalue weighted by Gasteiger charge is -2.39. The third kappa shape index (κ3) is 3.45. The molecule has 22 heavy (non-hydrogen) atoms. The first-order valence-electron chi connectivity index (χ1n) is 8.08. The van der Waals surface area contributed by atoms with Crippen LogP contribution in [-0.4, -0.2) is 85.0 Å². The second-order valence-corrected chi connectivity index (χ2v) is 6.10. The van der Waals surface area contributed by atoms with Crippen molar-refractivity contribution in [2.45, 2.75) is 6.04 Å². The number of aromatic nitrogens is 1. The lowest BCUT2D eigenvalue weighted by molar-refractivity contribution is -0.139. The van der Waals surface area contributed by atoms with E-state index in [1.54, 1.807) is 6.20 Å². The normalized spacial score (nSPS) is 22.5. The second-order valence-electron chi connectivity index (χ2n) is 6.10. The van der Waals surface area contributed by atoms with Gasteiger partial charge in [-0.25, -0.2) is 0 Å². The van der Waals surface area contributed by atoms with Crippen molar-refractivity contribution in [2.24, 2.45) is 0 Å². The Morgan fingerprint density at radius 1 is 1.18 bits per heavy atom. The fourth-order valence-electron chi connectivity index (χ4n) is 3.19. The highest BCUT2D eigenvalue weighted by molar-refractivity contribution is 5.83. The summed E-state index contributed by atoms with van der Waals surface area (Å²) in [5.41, 5.74) is 1.01. The van der Waals surface area contributed by atoms with Crippen molar-refractivity contribution in [3.05, 3.63) is 30.1 Å². The molecule has 6 nitrogen and oxygen atoms in total. The highest BCUT2D eigenvalue weighted by Gasteiger charge is 2.33. The Morgan fingerprint density at radius 2 is 1.91 bits per heavy atom. The van der Waals surface area contributed by atoms with E-state index in [1.807, 2.05) is 23.2 Å². The predicted octanol–water partition coefficient (Wildman–Crippen LogP) is -0.198. The number of nitrogens with zero attached hydrogens (tertiary/aromatic N) is 4. The summed E-state index contributed by atoms with van der Waals surface area (Å²) in [7, 11) is 2.11. The first-order valence-corrected chi connectivity index (χ1v) is 8.08. The maximum Gasteiger partial charge on any atom is 0.244 e. The van der Waals surface area contributed by atoms with Crippen molar-refractivity contribution in [1.29, 1.82) is 0 Å². The Labute approximate surface area is 132 Å². The molecule has 0 aliphatic carbocycles. The van der Waals surface area contributed by atoms with Crippen molar-refractivity contribution in [1.82, 2.24) is 25.0 Å². The monoisotopic (exact) mass is 303 g/mol. The Bertz CT molecular complexity index is 481. The van der Waals surface area contributed by atoms with Crippen LogP contribution in [0.15, 0.2) is 24.5 Å². The summed E-state index contributed by atoms with van der Waals surface area (Å²) in [6.45, 7) is 7.22. The highest BCUT2D eigenvalue weighted by Crippen LogP contribution is 2.23. The van der Waals surface area contributed by atoms with Gasteiger partial charge < -0.3 is 15.1 Å². The van der Waals surface area contributed by atoms with Gasteiger partial charge in [0.05, 0.1) is 0 Å². The van der Waals surface area contributed by atoms with E-state index in [0.717, 1.165) is 57.9 Å². The standard InChI is InChI=1S/C16H25N5O/c1-19-9-11-21(12-10-19)16(22)15(14-3-2-4-18-13-14)20-7-5-17-6-8-20/h2-4,13,15,17H,5-12H2,1H3. The molecule has 0 spiro atoms. The first-order chi connectivity index (χ1) is 10.8. The summed E-state index contributed by atoms with van der Waals surface area (Å²) in [6, 6.07) is 3.74. The average molecular weight is 303 g/mol. The minimum Gasteiger partial charge on any atom is -0.338 e. The Morgan fingerprint density at radius 3 is 2.55 bits per heavy atom. The molecule has 3 rings (SSSR count). The number of pyridine rings is 1. The van der Waals surface area contributed by atoms with Gasteiger partial charge in [0, 0.05) is 64.8 Å². The largest absolute Gasteiger partial charge is 0.338 e. The number of amides is 1. The summed E-state index contributed by atoms with van der Waals surface area (Å²) in [5, 5.41) is 3.36. The zero-order valence-corrected chi connectivity index (χ0v) is 13.2. The quantitative estimate of drug-likeness (QED) is 0.838. The molecule has 1 amide bonds. The summed E-state index contributed by atoms with van der Waals surface area (Å²) in [5.74, 6) is 0.225. The minimum absolute atomic E-state index is 0.195. The van der Waals surface area contributed by atoms with E-state index in [0.29, 0.717) is 0 Å². The third-order valence-corrected chi connectivity index (χ3v) is 4.57. The molecule has 1 unspecified atom stereocenters. The van der Waals surface area contributed by atoms with Crippen molar-refractivity contribution in [2.75, 3.05) is 59.4 Å². The number of nitrogens with one attached hydrogen (secondary N) is 1. The Balaban J connectivity index is 1.79. The van der Waals surface area contributed by atoms with Crippen LogP contribution in [0, 0.1) is 0 Å². The van der Waals surface area contributed by atoms with Crippen molar-refractivity contribution < 1.29 is 4.79 Å². The van der Waals surface area contributed by atoms with E-state index in [9.17, 15) is 4.79 Å². The summed E-state index contributed by atoms with van der Waals surface area (Å²) in [6.07, 6.45) is 3.60. The molecule has 0 radical (unpaired) electrons. The van der Waals surface area contributed by atoms with Crippen LogP contribution in [-0.2, 0) is 4.79 Å². The molecule has 0 bridgehead atoms. The maximum absolute atomic E-state index is 13.1. The van der Waals surface area contributed by atoms with Gasteiger partial charge in [-0.05, 0) is 18.7 Å². The van der Waals surface area contributed by atoms with Crippen LogP contribution in [0.5, 0.6) is 0 Å². The number of carbonyl (C=O) groups is 1. The number of hydrogen-bond donors (Lipinski definition) is 1. The fourth-order valence-corrected chi connectivity index (χ4v) is 3.19. The molecule has 1 aromatic rings. The van der Waals surface area contributed by atoms with Crippen LogP contribution >= 0.6 is 0 Å². The molecule has 1 atom stereocenters. The Kier molecular flexibility index (Phi) is 5.02. The zero-order chi connectivity index (χ0) is 15.4. The van der Waals surface area contributed by atoms with Gasteiger partial charge >= 0.3 is 0 Å². The molecule has 3 heterocycles. The summed E-state index contributed by atoms with van der Waals surface area (Å²) < 4.78 is 0. The number of hydrogen-bond acceptors (Lipinski definition) is 5. The van der Waals surface area contributed by atoms with Crippen LogP contribution in [0.25, 0.3) is 0 Å². The molecule has 2 saturated heterocycles. The molecule has 0 saturated carbocycles. The molecular formula is C16H25N5O. The topological polar surface area (TPSA) is 51.7 Å². The molecule has 1 N–H and O–H groups in total. The molecular weight excluding hydrogens is 278 g/mol. The number of carbonyl (C=O) groups excluding carboxylic acids is 1. The number of rotatable bonds is 3. The Hall–Kier alpha value is -1.50. The van der Waals surface area contributed by atoms with Gasteiger partial charge in [-0.2, -0.15) is 0 Å². The van der Waals surface area contributed by atoms with Gasteiger partial charge in [0.1, 0.15) is 6.04 Å². The SMILES string of the molecule is CN1CCN(C(=O)C(c2cccnc2)N2CCNCC2)CC1. The van der Waals surface area contributed by atoms with Gasteiger partial charge in [-0.15, -0.1) is 0 Å². The molecule has 2 aliphatic rings. The second kappa shape index (κ2) is 7.17. The predicted molar refractivity (Wildman–Crippen MR) is 85.5 cm³/mol. The van der Waals surface area contributed by atoms with Gasteiger partial charge in [-0.3, -0.25) is 14.7 Å². The van der Waals surface area contributed by atoms with Gasteiger partial charge in [-0.1, -0.05) is 6.07 Å². The van der Waals surface area contributed by atoms with Gasteiger partial charge in [0.15, 0.2) is 0 Å². The lowest BCUT2D eigenvalue weighted by atomic mass is 10.0. The third-order valence-electron chi connectivity index (χ3n) is 4.57. The molecule has 2 aliphatic heterocycles. The molecule has 1 aromatic heterocycles. The van der Waals surface area contributed by atoms with Crippen LogP contribution in [0.2, 0.25) is 0 Å². The van der Waals surface area contributed by atoms with Crippen molar-refractivity contribution in [3.63, 3.8) is 0 Å². The smallest absolute Gasteiger partial charge is 0.244 e. The van der Waals surface area contributed by atoms with Gasteiger partial charge in [0.2, 0.25) is 5.91 Å². The van der Waals surface area contributed by atoms with E-state index in [2.05, 4.69) is 27.1 Å². The average Bonchev–Trinajstić information content (AvgIpc) is 2.57. The number of likely N-dealkylation sites (N-methyl/N-ethyl adjacent to an activating group) is 1. The van der Waals surface area contributed by atoms with Crippen molar-refractivity contribution in [3.8, 4) is 0 Å². The summed E-state index contributed by atoms with van der Waals surface area (Å²) in [4.78, 5) is 23.9. The van der Waals surface area contributed by atoms with E-state index < -0.39 is 0 Å². The molecule has 0 aromatic carbocycles. The maximum atomic E-state index is 13.1. The van der Waals surface area contributed by atoms with Crippen LogP contribution in [0.4, 0.5) is 0 Å². The molecule has 6 heteroatoms. The molecule has 2 fully saturated rings. The highest BCUT2D eigenvalue weighted by atomic mass is 16.2. The minimum atomic E-state index is -0.195. The van der Waals surface area contributed by atoms with E-state index in [-0.39, 0.29) is 11.9 Å². The fraction of sp³-hybridized carbons (Fsp3) is 0.625. The van der Waals surface area contributed by atoms with Gasteiger partial charge in [0.25, 0.3) is 0 Å². The lowest BCUT2D eigenvalue weighted by Crippen LogP contribution is -2.54. The first kappa shape index (κ1) is 15.4. The van der Waals surface area contributed by atoms with E-state index >= 15 is 0 Å². The summed E-state index contributed by atoms with van der Waals surface area (Å²) >= 11 is 0. The van der Waals surface area contributed by atoms with Crippen LogP contribution in [0.3, 0.4) is 0 Å². The molecule has 120 valence electrons. The number of piperazine rings is 2. The van der Waals surface area contributed by atoms with E-state index in [1.165, 1.54) is 0 Å². The van der Waals surface area contributed by atoms with Crippen molar-refractivity contribution >= 4 is 5.91 Å². The van der Waals surface area contributed by atoms with Crippen LogP contribution in [0.1, 0.15) is 11.6 Å². The zero-order valence-electron chi connectivity index (χ0n) is 13.2. The van der Waals surface area contributed by atoms with Crippen LogP contribution < -0.4 is 5.32 Å².